The van der Waals surface area contributed by atoms with Crippen molar-refractivity contribution in [2.45, 2.75) is 13.1 Å². The molecule has 94 valence electrons. The van der Waals surface area contributed by atoms with Crippen LogP contribution in [0.15, 0.2) is 30.3 Å². The Balaban J connectivity index is 2.73. The fraction of sp³-hybridized carbons (Fsp3) is 0.167. The Bertz CT molecular complexity index is 573. The van der Waals surface area contributed by atoms with Gasteiger partial charge >= 0.3 is 6.18 Å². The summed E-state index contributed by atoms with van der Waals surface area (Å²) in [5, 5.41) is 3.78. The van der Waals surface area contributed by atoms with Crippen LogP contribution in [0.1, 0.15) is 21.7 Å². The third kappa shape index (κ3) is 2.01. The Morgan fingerprint density at radius 3 is 2.33 bits per heavy atom. The molecule has 0 radical (unpaired) electrons. The second-order valence-corrected chi connectivity index (χ2v) is 3.71. The molecule has 0 bridgehead atoms. The first kappa shape index (κ1) is 12.3. The van der Waals surface area contributed by atoms with Gasteiger partial charge < -0.3 is 0 Å². The Morgan fingerprint density at radius 1 is 1.22 bits per heavy atom. The number of alkyl halides is 3. The van der Waals surface area contributed by atoms with Crippen molar-refractivity contribution in [3.8, 4) is 5.69 Å². The van der Waals surface area contributed by atoms with E-state index in [-0.39, 0.29) is 17.7 Å². The van der Waals surface area contributed by atoms with Crippen LogP contribution in [0.3, 0.4) is 0 Å². The van der Waals surface area contributed by atoms with Gasteiger partial charge in [-0.25, -0.2) is 4.68 Å². The number of carbonyl (C=O) groups excluding carboxylic acids is 1. The average Bonchev–Trinajstić information content (AvgIpc) is 2.67. The molecule has 0 aliphatic rings. The second-order valence-electron chi connectivity index (χ2n) is 3.71. The van der Waals surface area contributed by atoms with Crippen LogP contribution in [0.5, 0.6) is 0 Å². The van der Waals surface area contributed by atoms with Crippen molar-refractivity contribution in [2.24, 2.45) is 0 Å². The highest BCUT2D eigenvalue weighted by Crippen LogP contribution is 2.34. The largest absolute Gasteiger partial charge is 0.434 e. The molecule has 18 heavy (non-hydrogen) atoms. The van der Waals surface area contributed by atoms with Crippen molar-refractivity contribution < 1.29 is 18.0 Å². The molecule has 2 aromatic rings. The van der Waals surface area contributed by atoms with Crippen molar-refractivity contribution in [3.63, 3.8) is 0 Å². The lowest BCUT2D eigenvalue weighted by atomic mass is 10.2. The molecule has 0 saturated carbocycles. The van der Waals surface area contributed by atoms with Crippen LogP contribution in [0, 0.1) is 6.92 Å². The number of hydrogen-bond acceptors (Lipinski definition) is 2. The molecule has 1 aromatic heterocycles. The fourth-order valence-corrected chi connectivity index (χ4v) is 1.71. The van der Waals surface area contributed by atoms with E-state index >= 15 is 0 Å². The molecule has 0 unspecified atom stereocenters. The van der Waals surface area contributed by atoms with Crippen LogP contribution >= 0.6 is 0 Å². The van der Waals surface area contributed by atoms with E-state index in [4.69, 9.17) is 0 Å². The minimum atomic E-state index is -4.63. The smallest absolute Gasteiger partial charge is 0.298 e. The molecule has 0 aliphatic heterocycles. The minimum Gasteiger partial charge on any atom is -0.298 e. The zero-order valence-electron chi connectivity index (χ0n) is 9.40. The topological polar surface area (TPSA) is 34.9 Å². The number of rotatable bonds is 2. The monoisotopic (exact) mass is 254 g/mol. The SMILES string of the molecule is Cc1nn(-c2ccccc2)c(C(F)(F)F)c1C=O. The third-order valence-corrected chi connectivity index (χ3v) is 2.49. The number of para-hydroxylation sites is 1. The maximum atomic E-state index is 13.0. The summed E-state index contributed by atoms with van der Waals surface area (Å²) in [7, 11) is 0. The number of aryl methyl sites for hydroxylation is 1. The summed E-state index contributed by atoms with van der Waals surface area (Å²) in [6.07, 6.45) is -4.45. The van der Waals surface area contributed by atoms with Gasteiger partial charge in [0.2, 0.25) is 0 Å². The fourth-order valence-electron chi connectivity index (χ4n) is 1.71. The van der Waals surface area contributed by atoms with Gasteiger partial charge in [-0.1, -0.05) is 18.2 Å². The number of aromatic nitrogens is 2. The molecular formula is C12H9F3N2O. The Kier molecular flexibility index (Phi) is 2.94. The van der Waals surface area contributed by atoms with Gasteiger partial charge in [-0.15, -0.1) is 0 Å². The second kappa shape index (κ2) is 4.29. The first-order chi connectivity index (χ1) is 8.45. The normalized spacial score (nSPS) is 11.6. The molecule has 6 heteroatoms. The lowest BCUT2D eigenvalue weighted by molar-refractivity contribution is -0.143. The molecule has 0 fully saturated rings. The highest BCUT2D eigenvalue weighted by molar-refractivity contribution is 5.79. The van der Waals surface area contributed by atoms with Crippen LogP contribution in [0.4, 0.5) is 13.2 Å². The predicted molar refractivity (Wildman–Crippen MR) is 58.7 cm³/mol. The lowest BCUT2D eigenvalue weighted by Crippen LogP contribution is -2.15. The van der Waals surface area contributed by atoms with Crippen molar-refractivity contribution in [1.82, 2.24) is 9.78 Å². The first-order valence-corrected chi connectivity index (χ1v) is 5.12. The summed E-state index contributed by atoms with van der Waals surface area (Å²) < 4.78 is 39.7. The van der Waals surface area contributed by atoms with Gasteiger partial charge in [-0.2, -0.15) is 18.3 Å². The maximum Gasteiger partial charge on any atom is 0.434 e. The summed E-state index contributed by atoms with van der Waals surface area (Å²) in [6.45, 7) is 1.37. The zero-order chi connectivity index (χ0) is 13.3. The van der Waals surface area contributed by atoms with Crippen LogP contribution in [0.2, 0.25) is 0 Å². The third-order valence-electron chi connectivity index (χ3n) is 2.49. The highest BCUT2D eigenvalue weighted by atomic mass is 19.4. The van der Waals surface area contributed by atoms with Crippen molar-refractivity contribution in [2.75, 3.05) is 0 Å². The molecule has 0 saturated heterocycles. The zero-order valence-corrected chi connectivity index (χ0v) is 9.40. The van der Waals surface area contributed by atoms with E-state index in [9.17, 15) is 18.0 Å². The Labute approximate surface area is 101 Å². The van der Waals surface area contributed by atoms with E-state index in [0.29, 0.717) is 0 Å². The average molecular weight is 254 g/mol. The minimum absolute atomic E-state index is 0.0566. The number of aldehydes is 1. The summed E-state index contributed by atoms with van der Waals surface area (Å²) >= 11 is 0. The molecule has 2 rings (SSSR count). The molecule has 0 N–H and O–H groups in total. The predicted octanol–water partition coefficient (Wildman–Crippen LogP) is 3.01. The molecule has 0 atom stereocenters. The van der Waals surface area contributed by atoms with E-state index in [2.05, 4.69) is 5.10 Å². The van der Waals surface area contributed by atoms with Crippen molar-refractivity contribution in [3.05, 3.63) is 47.3 Å². The van der Waals surface area contributed by atoms with Crippen LogP contribution < -0.4 is 0 Å². The number of carbonyl (C=O) groups is 1. The summed E-state index contributed by atoms with van der Waals surface area (Å²) in [6, 6.07) is 7.89. The molecule has 0 spiro atoms. The number of benzene rings is 1. The summed E-state index contributed by atoms with van der Waals surface area (Å²) in [5.41, 5.74) is -1.14. The van der Waals surface area contributed by atoms with Gasteiger partial charge in [0.25, 0.3) is 0 Å². The van der Waals surface area contributed by atoms with E-state index < -0.39 is 17.4 Å². The van der Waals surface area contributed by atoms with Crippen molar-refractivity contribution >= 4 is 6.29 Å². The summed E-state index contributed by atoms with van der Waals surface area (Å²) in [4.78, 5) is 10.8. The number of hydrogen-bond donors (Lipinski definition) is 0. The Hall–Kier alpha value is -2.11. The van der Waals surface area contributed by atoms with Crippen LogP contribution in [-0.2, 0) is 6.18 Å². The standard InChI is InChI=1S/C12H9F3N2O/c1-8-10(7-18)11(12(13,14)15)17(16-8)9-5-3-2-4-6-9/h2-7H,1H3. The maximum absolute atomic E-state index is 13.0. The van der Waals surface area contributed by atoms with Crippen LogP contribution in [0.25, 0.3) is 5.69 Å². The van der Waals surface area contributed by atoms with E-state index in [1.807, 2.05) is 0 Å². The summed E-state index contributed by atoms with van der Waals surface area (Å²) in [5.74, 6) is 0. The molecule has 1 heterocycles. The highest BCUT2D eigenvalue weighted by Gasteiger charge is 2.39. The number of nitrogens with zero attached hydrogens (tertiary/aromatic N) is 2. The quantitative estimate of drug-likeness (QED) is 0.772. The van der Waals surface area contributed by atoms with E-state index in [1.54, 1.807) is 18.2 Å². The van der Waals surface area contributed by atoms with Gasteiger partial charge in [0.1, 0.15) is 0 Å². The van der Waals surface area contributed by atoms with Gasteiger partial charge in [0, 0.05) is 0 Å². The van der Waals surface area contributed by atoms with Gasteiger partial charge in [0.15, 0.2) is 12.0 Å². The van der Waals surface area contributed by atoms with Gasteiger partial charge in [0.05, 0.1) is 16.9 Å². The molecule has 3 nitrogen and oxygen atoms in total. The van der Waals surface area contributed by atoms with Crippen LogP contribution in [-0.4, -0.2) is 16.1 Å². The van der Waals surface area contributed by atoms with Gasteiger partial charge in [-0.05, 0) is 19.1 Å². The van der Waals surface area contributed by atoms with Gasteiger partial charge in [-0.3, -0.25) is 4.79 Å². The first-order valence-electron chi connectivity index (χ1n) is 5.12. The Morgan fingerprint density at radius 2 is 1.83 bits per heavy atom. The van der Waals surface area contributed by atoms with E-state index in [1.165, 1.54) is 19.1 Å². The lowest BCUT2D eigenvalue weighted by Gasteiger charge is -2.10. The molecule has 0 amide bonds. The van der Waals surface area contributed by atoms with Crippen molar-refractivity contribution in [1.29, 1.82) is 0 Å². The van der Waals surface area contributed by atoms with E-state index in [0.717, 1.165) is 4.68 Å². The molecule has 0 aliphatic carbocycles. The number of halogens is 3. The molecule has 1 aromatic carbocycles. The molecular weight excluding hydrogens is 245 g/mol.